The molecule has 1 unspecified atom stereocenters. The summed E-state index contributed by atoms with van der Waals surface area (Å²) >= 11 is 0. The lowest BCUT2D eigenvalue weighted by Crippen LogP contribution is -2.46. The average Bonchev–Trinajstić information content (AvgIpc) is 3.34. The van der Waals surface area contributed by atoms with Gasteiger partial charge in [0.1, 0.15) is 5.82 Å². The Bertz CT molecular complexity index is 985. The number of carbonyl (C=O) groups is 4. The first-order valence-corrected chi connectivity index (χ1v) is 10.00. The minimum Gasteiger partial charge on any atom is -0.369 e. The lowest BCUT2D eigenvalue weighted by Gasteiger charge is -2.29. The summed E-state index contributed by atoms with van der Waals surface area (Å²) in [5, 5.41) is 6.82. The Morgan fingerprint density at radius 2 is 1.90 bits per heavy atom. The van der Waals surface area contributed by atoms with Crippen LogP contribution in [-0.2, 0) is 19.2 Å². The van der Waals surface area contributed by atoms with Crippen molar-refractivity contribution >= 4 is 41.1 Å². The average molecular weight is 413 g/mol. The van der Waals surface area contributed by atoms with Gasteiger partial charge in [-0.2, -0.15) is 14.8 Å². The zero-order valence-corrected chi connectivity index (χ0v) is 16.6. The van der Waals surface area contributed by atoms with Crippen LogP contribution in [0.3, 0.4) is 0 Å². The minimum absolute atomic E-state index is 0.0891. The summed E-state index contributed by atoms with van der Waals surface area (Å²) in [4.78, 5) is 58.5. The van der Waals surface area contributed by atoms with Crippen LogP contribution in [0, 0.1) is 18.8 Å². The molecule has 4 amide bonds. The van der Waals surface area contributed by atoms with E-state index in [1.54, 1.807) is 13.0 Å². The van der Waals surface area contributed by atoms with Crippen LogP contribution >= 0.6 is 0 Å². The van der Waals surface area contributed by atoms with Gasteiger partial charge in [-0.1, -0.05) is 0 Å². The SMILES string of the molecule is Cc1cc(NC(=O)C(=O)N2CCC(C(N)=O)CC2)n(C2=NC(=O)C3CCCC3=N2)n1. The molecular weight excluding hydrogens is 390 g/mol. The molecule has 3 N–H and O–H groups in total. The molecule has 1 aliphatic carbocycles. The molecule has 1 aromatic heterocycles. The van der Waals surface area contributed by atoms with Crippen LogP contribution in [0.2, 0.25) is 0 Å². The molecule has 1 saturated carbocycles. The van der Waals surface area contributed by atoms with Crippen LogP contribution in [0.4, 0.5) is 5.82 Å². The highest BCUT2D eigenvalue weighted by Crippen LogP contribution is 2.27. The van der Waals surface area contributed by atoms with E-state index in [-0.39, 0.29) is 48.5 Å². The summed E-state index contributed by atoms with van der Waals surface area (Å²) in [6.07, 6.45) is 3.24. The number of nitrogens with two attached hydrogens (primary N) is 1. The number of carbonyl (C=O) groups excluding carboxylic acids is 4. The largest absolute Gasteiger partial charge is 0.369 e. The number of fused-ring (bicyclic) bond motifs is 1. The van der Waals surface area contributed by atoms with E-state index in [1.807, 2.05) is 0 Å². The molecule has 1 aromatic rings. The third kappa shape index (κ3) is 3.74. The van der Waals surface area contributed by atoms with Crippen LogP contribution in [0.5, 0.6) is 0 Å². The number of nitrogens with one attached hydrogen (secondary N) is 1. The Morgan fingerprint density at radius 3 is 2.60 bits per heavy atom. The highest BCUT2D eigenvalue weighted by molar-refractivity contribution is 6.39. The molecule has 11 heteroatoms. The molecule has 11 nitrogen and oxygen atoms in total. The molecule has 0 spiro atoms. The molecule has 30 heavy (non-hydrogen) atoms. The van der Waals surface area contributed by atoms with Crippen molar-refractivity contribution in [3.05, 3.63) is 11.8 Å². The summed E-state index contributed by atoms with van der Waals surface area (Å²) in [5.74, 6) is -2.41. The fourth-order valence-corrected chi connectivity index (χ4v) is 4.07. The lowest BCUT2D eigenvalue weighted by molar-refractivity contribution is -0.144. The first-order valence-electron chi connectivity index (χ1n) is 10.00. The third-order valence-electron chi connectivity index (χ3n) is 5.72. The number of aromatic nitrogens is 2. The first kappa shape index (κ1) is 19.9. The summed E-state index contributed by atoms with van der Waals surface area (Å²) in [6.45, 7) is 2.29. The zero-order chi connectivity index (χ0) is 21.4. The topological polar surface area (TPSA) is 152 Å². The minimum atomic E-state index is -0.831. The van der Waals surface area contributed by atoms with Crippen molar-refractivity contribution in [3.63, 3.8) is 0 Å². The number of anilines is 1. The number of hydrogen-bond donors (Lipinski definition) is 2. The van der Waals surface area contributed by atoms with Gasteiger partial charge >= 0.3 is 11.8 Å². The number of piperidine rings is 1. The van der Waals surface area contributed by atoms with E-state index in [2.05, 4.69) is 20.4 Å². The zero-order valence-electron chi connectivity index (χ0n) is 16.6. The van der Waals surface area contributed by atoms with Gasteiger partial charge in [0.2, 0.25) is 5.91 Å². The molecule has 3 aliphatic rings. The molecule has 1 saturated heterocycles. The van der Waals surface area contributed by atoms with Gasteiger partial charge in [-0.25, -0.2) is 4.99 Å². The van der Waals surface area contributed by atoms with Crippen molar-refractivity contribution in [1.82, 2.24) is 14.7 Å². The van der Waals surface area contributed by atoms with Gasteiger partial charge in [-0.15, -0.1) is 0 Å². The number of aliphatic imine (C=N–C) groups is 2. The Hall–Kier alpha value is -3.37. The number of rotatable bonds is 2. The Kier molecular flexibility index (Phi) is 5.18. The molecule has 0 aromatic carbocycles. The van der Waals surface area contributed by atoms with Crippen LogP contribution in [0.15, 0.2) is 16.1 Å². The summed E-state index contributed by atoms with van der Waals surface area (Å²) in [6, 6.07) is 1.58. The Labute approximate surface area is 172 Å². The fraction of sp³-hybridized carbons (Fsp3) is 0.526. The highest BCUT2D eigenvalue weighted by Gasteiger charge is 2.34. The van der Waals surface area contributed by atoms with Gasteiger partial charge in [0.25, 0.3) is 11.9 Å². The number of likely N-dealkylation sites (tertiary alicyclic amines) is 1. The van der Waals surface area contributed by atoms with Crippen LogP contribution in [-0.4, -0.2) is 63.1 Å². The van der Waals surface area contributed by atoms with Crippen LogP contribution in [0.25, 0.3) is 0 Å². The predicted octanol–water partition coefficient (Wildman–Crippen LogP) is -0.161. The fourth-order valence-electron chi connectivity index (χ4n) is 4.07. The molecule has 4 rings (SSSR count). The van der Waals surface area contributed by atoms with Crippen molar-refractivity contribution in [2.75, 3.05) is 18.4 Å². The molecular formula is C19H23N7O4. The smallest absolute Gasteiger partial charge is 0.315 e. The summed E-state index contributed by atoms with van der Waals surface area (Å²) in [7, 11) is 0. The molecule has 1 atom stereocenters. The van der Waals surface area contributed by atoms with E-state index in [0.29, 0.717) is 18.5 Å². The van der Waals surface area contributed by atoms with Crippen molar-refractivity contribution in [1.29, 1.82) is 0 Å². The van der Waals surface area contributed by atoms with Crippen LogP contribution in [0.1, 0.15) is 37.8 Å². The van der Waals surface area contributed by atoms with Crippen molar-refractivity contribution in [2.24, 2.45) is 27.6 Å². The van der Waals surface area contributed by atoms with E-state index >= 15 is 0 Å². The number of hydrogen-bond acceptors (Lipinski definition) is 6. The van der Waals surface area contributed by atoms with Crippen molar-refractivity contribution < 1.29 is 19.2 Å². The van der Waals surface area contributed by atoms with Gasteiger partial charge in [-0.3, -0.25) is 19.2 Å². The van der Waals surface area contributed by atoms with Gasteiger partial charge in [-0.05, 0) is 39.0 Å². The van der Waals surface area contributed by atoms with Gasteiger partial charge in [0, 0.05) is 30.8 Å². The van der Waals surface area contributed by atoms with Crippen molar-refractivity contribution in [2.45, 2.75) is 39.0 Å². The summed E-state index contributed by atoms with van der Waals surface area (Å²) < 4.78 is 1.28. The van der Waals surface area contributed by atoms with Gasteiger partial charge in [0.15, 0.2) is 0 Å². The number of amides is 4. The van der Waals surface area contributed by atoms with E-state index in [9.17, 15) is 19.2 Å². The second kappa shape index (κ2) is 7.81. The third-order valence-corrected chi connectivity index (χ3v) is 5.72. The second-order valence-corrected chi connectivity index (χ2v) is 7.80. The van der Waals surface area contributed by atoms with E-state index in [1.165, 1.54) is 9.58 Å². The monoisotopic (exact) mass is 413 g/mol. The molecule has 3 heterocycles. The van der Waals surface area contributed by atoms with Crippen molar-refractivity contribution in [3.8, 4) is 0 Å². The molecule has 0 radical (unpaired) electrons. The maximum Gasteiger partial charge on any atom is 0.315 e. The van der Waals surface area contributed by atoms with Crippen LogP contribution < -0.4 is 11.1 Å². The highest BCUT2D eigenvalue weighted by atomic mass is 16.2. The molecule has 0 bridgehead atoms. The molecule has 158 valence electrons. The standard InChI is InChI=1S/C19H23N7O4/c1-10-9-14(22-17(29)18(30)25-7-5-11(6-8-25)15(20)27)26(24-10)19-21-13-4-2-3-12(13)16(28)23-19/h9,11-12H,2-8H2,1H3,(H2,20,27)(H,22,29). The summed E-state index contributed by atoms with van der Waals surface area (Å²) in [5.41, 5.74) is 6.66. The number of nitrogens with zero attached hydrogens (tertiary/aromatic N) is 5. The predicted molar refractivity (Wildman–Crippen MR) is 107 cm³/mol. The molecule has 2 aliphatic heterocycles. The second-order valence-electron chi connectivity index (χ2n) is 7.80. The van der Waals surface area contributed by atoms with Gasteiger partial charge < -0.3 is 16.0 Å². The number of aryl methyl sites for hydroxylation is 1. The quantitative estimate of drug-likeness (QED) is 0.645. The van der Waals surface area contributed by atoms with E-state index < -0.39 is 11.8 Å². The Balaban J connectivity index is 1.48. The lowest BCUT2D eigenvalue weighted by atomic mass is 9.96. The van der Waals surface area contributed by atoms with Gasteiger partial charge in [0.05, 0.1) is 11.6 Å². The van der Waals surface area contributed by atoms with E-state index in [0.717, 1.165) is 25.0 Å². The Morgan fingerprint density at radius 1 is 1.17 bits per heavy atom. The maximum atomic E-state index is 12.5. The normalized spacial score (nSPS) is 21.7. The first-order chi connectivity index (χ1) is 14.3. The number of primary amides is 1. The maximum absolute atomic E-state index is 12.5. The molecule has 2 fully saturated rings. The van der Waals surface area contributed by atoms with E-state index in [4.69, 9.17) is 5.73 Å².